The van der Waals surface area contributed by atoms with Gasteiger partial charge in [-0.05, 0) is 25.6 Å². The summed E-state index contributed by atoms with van der Waals surface area (Å²) in [5.74, 6) is 1.04. The summed E-state index contributed by atoms with van der Waals surface area (Å²) in [6.07, 6.45) is -0.466. The fourth-order valence-electron chi connectivity index (χ4n) is 1.44. The van der Waals surface area contributed by atoms with Crippen LogP contribution in [0.1, 0.15) is 20.8 Å². The van der Waals surface area contributed by atoms with E-state index in [9.17, 15) is 0 Å². The SMILES string of the molecule is CCNC1N=C(NC(C)C)NC(=NC)N1N=[N+]=[N-]. The van der Waals surface area contributed by atoms with E-state index in [0.717, 1.165) is 0 Å². The van der Waals surface area contributed by atoms with Crippen molar-refractivity contribution < 1.29 is 0 Å². The first-order chi connectivity index (χ1) is 8.62. The van der Waals surface area contributed by atoms with Crippen molar-refractivity contribution in [3.05, 3.63) is 10.4 Å². The molecule has 0 amide bonds. The van der Waals surface area contributed by atoms with Gasteiger partial charge in [0.05, 0.1) is 0 Å². The van der Waals surface area contributed by atoms with Crippen molar-refractivity contribution >= 4 is 11.9 Å². The highest BCUT2D eigenvalue weighted by molar-refractivity contribution is 6.00. The summed E-state index contributed by atoms with van der Waals surface area (Å²) in [7, 11) is 1.61. The van der Waals surface area contributed by atoms with Crippen molar-refractivity contribution in [2.24, 2.45) is 15.2 Å². The van der Waals surface area contributed by atoms with E-state index in [1.165, 1.54) is 5.01 Å². The van der Waals surface area contributed by atoms with E-state index in [1.54, 1.807) is 7.05 Å². The minimum absolute atomic E-state index is 0.239. The van der Waals surface area contributed by atoms with E-state index in [0.29, 0.717) is 18.5 Å². The summed E-state index contributed by atoms with van der Waals surface area (Å²) in [5, 5.41) is 14.1. The lowest BCUT2D eigenvalue weighted by Crippen LogP contribution is -2.59. The van der Waals surface area contributed by atoms with Gasteiger partial charge in [-0.2, -0.15) is 9.90 Å². The zero-order valence-corrected chi connectivity index (χ0v) is 11.0. The standard InChI is InChI=1S/C9H19N9/c1-5-12-9-15-7(13-6(2)3)14-8(11-4)18(9)17-16-10/h6,9,12H,5H2,1-4H3,(H2,11,13,14,15). The Balaban J connectivity index is 2.99. The third-order valence-corrected chi connectivity index (χ3v) is 2.09. The Labute approximate surface area is 106 Å². The molecule has 18 heavy (non-hydrogen) atoms. The molecule has 3 N–H and O–H groups in total. The molecule has 100 valence electrons. The number of rotatable bonds is 4. The molecule has 1 atom stereocenters. The lowest BCUT2D eigenvalue weighted by Gasteiger charge is -2.29. The first-order valence-electron chi connectivity index (χ1n) is 5.78. The average molecular weight is 253 g/mol. The van der Waals surface area contributed by atoms with E-state index in [1.807, 2.05) is 20.8 Å². The fraction of sp³-hybridized carbons (Fsp3) is 0.778. The van der Waals surface area contributed by atoms with Gasteiger partial charge in [0.2, 0.25) is 5.96 Å². The molecule has 0 aromatic heterocycles. The topological polar surface area (TPSA) is 113 Å². The second kappa shape index (κ2) is 6.67. The second-order valence-corrected chi connectivity index (χ2v) is 3.90. The van der Waals surface area contributed by atoms with Gasteiger partial charge in [0.1, 0.15) is 0 Å². The van der Waals surface area contributed by atoms with Crippen LogP contribution in [-0.4, -0.2) is 42.9 Å². The molecule has 0 bridgehead atoms. The zero-order valence-electron chi connectivity index (χ0n) is 11.0. The normalized spacial score (nSPS) is 21.4. The number of nitrogens with one attached hydrogen (secondary N) is 3. The third-order valence-electron chi connectivity index (χ3n) is 2.09. The molecule has 1 heterocycles. The molecule has 1 aliphatic heterocycles. The van der Waals surface area contributed by atoms with E-state index in [2.05, 4.69) is 36.1 Å². The molecule has 1 rings (SSSR count). The maximum atomic E-state index is 8.57. The molecule has 1 aliphatic rings. The fourth-order valence-corrected chi connectivity index (χ4v) is 1.44. The summed E-state index contributed by atoms with van der Waals surface area (Å²) in [6.45, 7) is 6.66. The van der Waals surface area contributed by atoms with Gasteiger partial charge in [-0.1, -0.05) is 6.92 Å². The highest BCUT2D eigenvalue weighted by Gasteiger charge is 2.31. The van der Waals surface area contributed by atoms with Crippen molar-refractivity contribution in [1.29, 1.82) is 0 Å². The predicted molar refractivity (Wildman–Crippen MR) is 70.7 cm³/mol. The van der Waals surface area contributed by atoms with E-state index >= 15 is 0 Å². The monoisotopic (exact) mass is 253 g/mol. The van der Waals surface area contributed by atoms with Gasteiger partial charge >= 0.3 is 5.96 Å². The first-order valence-corrected chi connectivity index (χ1v) is 5.78. The number of aliphatic imine (C=N–C) groups is 2. The average Bonchev–Trinajstić information content (AvgIpc) is 2.31. The summed E-state index contributed by atoms with van der Waals surface area (Å²) < 4.78 is 0. The van der Waals surface area contributed by atoms with Crippen LogP contribution in [0.4, 0.5) is 0 Å². The Kier molecular flexibility index (Phi) is 5.22. The Morgan fingerprint density at radius 2 is 2.33 bits per heavy atom. The minimum Gasteiger partial charge on any atom is -0.354 e. The molecule has 0 fully saturated rings. The Morgan fingerprint density at radius 3 is 2.83 bits per heavy atom. The molecular weight excluding hydrogens is 234 g/mol. The second-order valence-electron chi connectivity index (χ2n) is 3.90. The van der Waals surface area contributed by atoms with Crippen LogP contribution in [0.25, 0.3) is 10.4 Å². The van der Waals surface area contributed by atoms with Crippen LogP contribution in [0.3, 0.4) is 0 Å². The quantitative estimate of drug-likeness (QED) is 0.381. The predicted octanol–water partition coefficient (Wildman–Crippen LogP) is 0.350. The van der Waals surface area contributed by atoms with Crippen molar-refractivity contribution in [3.8, 4) is 0 Å². The van der Waals surface area contributed by atoms with Gasteiger partial charge in [-0.25, -0.2) is 4.99 Å². The number of nitrogens with zero attached hydrogens (tertiary/aromatic N) is 6. The van der Waals surface area contributed by atoms with Crippen molar-refractivity contribution in [1.82, 2.24) is 21.0 Å². The van der Waals surface area contributed by atoms with Crippen LogP contribution in [-0.2, 0) is 0 Å². The summed E-state index contributed by atoms with van der Waals surface area (Å²) in [6, 6.07) is 0.239. The van der Waals surface area contributed by atoms with Gasteiger partial charge in [0, 0.05) is 13.1 Å². The van der Waals surface area contributed by atoms with E-state index in [4.69, 9.17) is 5.53 Å². The highest BCUT2D eigenvalue weighted by atomic mass is 15.7. The van der Waals surface area contributed by atoms with Crippen LogP contribution in [0.2, 0.25) is 0 Å². The van der Waals surface area contributed by atoms with E-state index in [-0.39, 0.29) is 6.04 Å². The lowest BCUT2D eigenvalue weighted by atomic mass is 10.4. The van der Waals surface area contributed by atoms with Gasteiger partial charge in [-0.3, -0.25) is 10.6 Å². The summed E-state index contributed by atoms with van der Waals surface area (Å²) in [5.41, 5.74) is 8.57. The number of azide groups is 1. The number of hydrogen-bond donors (Lipinski definition) is 3. The smallest absolute Gasteiger partial charge is 0.302 e. The molecule has 0 spiro atoms. The van der Waals surface area contributed by atoms with Crippen LogP contribution in [0.5, 0.6) is 0 Å². The molecule has 9 nitrogen and oxygen atoms in total. The first kappa shape index (κ1) is 14.1. The van der Waals surface area contributed by atoms with Crippen LogP contribution < -0.4 is 16.0 Å². The maximum Gasteiger partial charge on any atom is 0.302 e. The van der Waals surface area contributed by atoms with Gasteiger partial charge in [0.15, 0.2) is 0 Å². The van der Waals surface area contributed by atoms with Crippen molar-refractivity contribution in [2.75, 3.05) is 13.6 Å². The zero-order chi connectivity index (χ0) is 13.5. The van der Waals surface area contributed by atoms with Gasteiger partial charge in [-0.15, -0.1) is 10.5 Å². The van der Waals surface area contributed by atoms with Crippen LogP contribution in [0.15, 0.2) is 15.2 Å². The molecule has 0 aliphatic carbocycles. The molecule has 0 aromatic carbocycles. The number of guanidine groups is 2. The van der Waals surface area contributed by atoms with Crippen molar-refractivity contribution in [3.63, 3.8) is 0 Å². The van der Waals surface area contributed by atoms with Gasteiger partial charge in [0.25, 0.3) is 6.29 Å². The highest BCUT2D eigenvalue weighted by Crippen LogP contribution is 2.05. The van der Waals surface area contributed by atoms with Crippen LogP contribution >= 0.6 is 0 Å². The Hall–Kier alpha value is -1.99. The largest absolute Gasteiger partial charge is 0.354 e. The summed E-state index contributed by atoms with van der Waals surface area (Å²) >= 11 is 0. The Morgan fingerprint density at radius 1 is 1.61 bits per heavy atom. The van der Waals surface area contributed by atoms with Gasteiger partial charge < -0.3 is 5.32 Å². The summed E-state index contributed by atoms with van der Waals surface area (Å²) in [4.78, 5) is 11.2. The molecule has 0 saturated carbocycles. The van der Waals surface area contributed by atoms with Crippen LogP contribution in [0, 0.1) is 0 Å². The van der Waals surface area contributed by atoms with Crippen molar-refractivity contribution in [2.45, 2.75) is 33.1 Å². The number of hydrogen-bond acceptors (Lipinski definition) is 5. The molecule has 0 aromatic rings. The minimum atomic E-state index is -0.466. The molecule has 1 unspecified atom stereocenters. The molecular formula is C9H19N9. The molecule has 9 heteroatoms. The Bertz CT molecular complexity index is 379. The maximum absolute atomic E-state index is 8.57. The molecule has 0 saturated heterocycles. The van der Waals surface area contributed by atoms with E-state index < -0.39 is 6.29 Å². The third kappa shape index (κ3) is 3.51. The molecule has 0 radical (unpaired) electrons. The lowest BCUT2D eigenvalue weighted by molar-refractivity contribution is 0.266.